The van der Waals surface area contributed by atoms with Crippen molar-refractivity contribution in [3.05, 3.63) is 82.5 Å². The molecule has 32 heavy (non-hydrogen) atoms. The molecule has 0 unspecified atom stereocenters. The highest BCUT2D eigenvalue weighted by molar-refractivity contribution is 8.18. The van der Waals surface area contributed by atoms with Gasteiger partial charge in [-0.1, -0.05) is 11.6 Å². The van der Waals surface area contributed by atoms with Gasteiger partial charge in [0.15, 0.2) is 0 Å². The van der Waals surface area contributed by atoms with E-state index < -0.39 is 17.1 Å². The fourth-order valence-corrected chi connectivity index (χ4v) is 4.09. The Morgan fingerprint density at radius 2 is 1.81 bits per heavy atom. The number of rotatable bonds is 6. The van der Waals surface area contributed by atoms with Gasteiger partial charge in [0, 0.05) is 28.3 Å². The van der Waals surface area contributed by atoms with Crippen LogP contribution in [0.15, 0.2) is 71.8 Å². The highest BCUT2D eigenvalue weighted by Gasteiger charge is 2.36. The summed E-state index contributed by atoms with van der Waals surface area (Å²) in [6.45, 7) is -0.371. The van der Waals surface area contributed by atoms with Crippen LogP contribution < -0.4 is 10.1 Å². The highest BCUT2D eigenvalue weighted by Crippen LogP contribution is 2.32. The summed E-state index contributed by atoms with van der Waals surface area (Å²) < 4.78 is 7.08. The number of anilines is 1. The van der Waals surface area contributed by atoms with Crippen LogP contribution in [0, 0.1) is 0 Å². The molecule has 7 nitrogen and oxygen atoms in total. The Hall–Kier alpha value is -3.49. The number of aromatic nitrogens is 1. The number of thioether (sulfide) groups is 1. The van der Waals surface area contributed by atoms with Crippen LogP contribution >= 0.6 is 23.4 Å². The maximum absolute atomic E-state index is 12.8. The summed E-state index contributed by atoms with van der Waals surface area (Å²) >= 11 is 6.64. The van der Waals surface area contributed by atoms with Gasteiger partial charge in [0.25, 0.3) is 11.1 Å². The van der Waals surface area contributed by atoms with Crippen molar-refractivity contribution in [2.75, 3.05) is 19.0 Å². The Morgan fingerprint density at radius 3 is 2.50 bits per heavy atom. The lowest BCUT2D eigenvalue weighted by atomic mass is 10.2. The van der Waals surface area contributed by atoms with Crippen molar-refractivity contribution in [1.82, 2.24) is 9.47 Å². The van der Waals surface area contributed by atoms with Crippen molar-refractivity contribution in [3.63, 3.8) is 0 Å². The number of carbonyl (C=O) groups excluding carboxylic acids is 3. The van der Waals surface area contributed by atoms with Crippen LogP contribution in [0.4, 0.5) is 10.5 Å². The predicted molar refractivity (Wildman–Crippen MR) is 125 cm³/mol. The SMILES string of the molecule is COc1ccc(-n2cccc2/C=C2\SC(=O)N(CC(=O)Nc3ccc(Cl)cc3)C2=O)cc1. The van der Waals surface area contributed by atoms with Gasteiger partial charge in [-0.15, -0.1) is 0 Å². The van der Waals surface area contributed by atoms with Gasteiger partial charge < -0.3 is 14.6 Å². The summed E-state index contributed by atoms with van der Waals surface area (Å²) in [4.78, 5) is 38.7. The van der Waals surface area contributed by atoms with Gasteiger partial charge in [-0.2, -0.15) is 0 Å². The molecule has 0 radical (unpaired) electrons. The summed E-state index contributed by atoms with van der Waals surface area (Å²) in [7, 11) is 1.60. The monoisotopic (exact) mass is 467 g/mol. The zero-order chi connectivity index (χ0) is 22.7. The minimum Gasteiger partial charge on any atom is -0.497 e. The molecule has 2 aromatic carbocycles. The number of hydrogen-bond acceptors (Lipinski definition) is 5. The predicted octanol–water partition coefficient (Wildman–Crippen LogP) is 4.81. The lowest BCUT2D eigenvalue weighted by Crippen LogP contribution is -2.36. The van der Waals surface area contributed by atoms with Crippen LogP contribution in [0.5, 0.6) is 5.75 Å². The van der Waals surface area contributed by atoms with E-state index in [1.165, 1.54) is 0 Å². The van der Waals surface area contributed by atoms with Crippen molar-refractivity contribution in [1.29, 1.82) is 0 Å². The molecule has 1 N–H and O–H groups in total. The molecule has 3 aromatic rings. The lowest BCUT2D eigenvalue weighted by Gasteiger charge is -2.12. The Kier molecular flexibility index (Phi) is 6.34. The van der Waals surface area contributed by atoms with Crippen molar-refractivity contribution < 1.29 is 19.1 Å². The minimum atomic E-state index is -0.506. The average molecular weight is 468 g/mol. The second-order valence-electron chi connectivity index (χ2n) is 6.82. The molecule has 2 heterocycles. The van der Waals surface area contributed by atoms with E-state index in [0.717, 1.165) is 33.8 Å². The lowest BCUT2D eigenvalue weighted by molar-refractivity contribution is -0.127. The quantitative estimate of drug-likeness (QED) is 0.526. The van der Waals surface area contributed by atoms with Crippen molar-refractivity contribution in [3.8, 4) is 11.4 Å². The fraction of sp³-hybridized carbons (Fsp3) is 0.0870. The molecule has 4 rings (SSSR count). The Bertz CT molecular complexity index is 1200. The van der Waals surface area contributed by atoms with E-state index in [2.05, 4.69) is 5.32 Å². The third-order valence-corrected chi connectivity index (χ3v) is 5.87. The van der Waals surface area contributed by atoms with Gasteiger partial charge in [0.2, 0.25) is 5.91 Å². The fourth-order valence-electron chi connectivity index (χ4n) is 3.14. The summed E-state index contributed by atoms with van der Waals surface area (Å²) in [5.41, 5.74) is 2.13. The zero-order valence-corrected chi connectivity index (χ0v) is 18.5. The number of methoxy groups -OCH3 is 1. The number of amides is 3. The number of nitrogens with one attached hydrogen (secondary N) is 1. The molecular weight excluding hydrogens is 450 g/mol. The molecular formula is C23H18ClN3O4S. The van der Waals surface area contributed by atoms with Gasteiger partial charge in [-0.05, 0) is 78.5 Å². The van der Waals surface area contributed by atoms with Crippen molar-refractivity contribution in [2.24, 2.45) is 0 Å². The Balaban J connectivity index is 1.48. The second kappa shape index (κ2) is 9.33. The number of carbonyl (C=O) groups is 3. The topological polar surface area (TPSA) is 80.6 Å². The standard InChI is InChI=1S/C23H18ClN3O4S/c1-31-19-10-8-17(9-11-19)26-12-2-3-18(26)13-20-22(29)27(23(30)32-20)14-21(28)25-16-6-4-15(24)5-7-16/h2-13H,14H2,1H3,(H,25,28)/b20-13-. The summed E-state index contributed by atoms with van der Waals surface area (Å²) in [6, 6.07) is 17.7. The third-order valence-electron chi connectivity index (χ3n) is 4.71. The van der Waals surface area contributed by atoms with E-state index in [9.17, 15) is 14.4 Å². The number of benzene rings is 2. The van der Waals surface area contributed by atoms with Crippen molar-refractivity contribution in [2.45, 2.75) is 0 Å². The molecule has 9 heteroatoms. The smallest absolute Gasteiger partial charge is 0.294 e. The second-order valence-corrected chi connectivity index (χ2v) is 8.25. The molecule has 0 saturated carbocycles. The Labute approximate surface area is 193 Å². The zero-order valence-electron chi connectivity index (χ0n) is 16.9. The minimum absolute atomic E-state index is 0.253. The van der Waals surface area contributed by atoms with Gasteiger partial charge in [-0.25, -0.2) is 0 Å². The Morgan fingerprint density at radius 1 is 1.09 bits per heavy atom. The third kappa shape index (κ3) is 4.71. The first-order valence-corrected chi connectivity index (χ1v) is 10.8. The molecule has 0 aliphatic carbocycles. The molecule has 0 spiro atoms. The van der Waals surface area contributed by atoms with Crippen LogP contribution in [-0.2, 0) is 9.59 Å². The number of nitrogens with zero attached hydrogens (tertiary/aromatic N) is 2. The van der Waals surface area contributed by atoms with E-state index in [4.69, 9.17) is 16.3 Å². The van der Waals surface area contributed by atoms with E-state index in [0.29, 0.717) is 10.7 Å². The molecule has 1 aliphatic heterocycles. The van der Waals surface area contributed by atoms with Crippen LogP contribution in [-0.4, -0.2) is 40.2 Å². The van der Waals surface area contributed by atoms with E-state index in [1.54, 1.807) is 37.5 Å². The molecule has 1 saturated heterocycles. The molecule has 1 fully saturated rings. The largest absolute Gasteiger partial charge is 0.497 e. The molecule has 1 aromatic heterocycles. The number of ether oxygens (including phenoxy) is 1. The summed E-state index contributed by atoms with van der Waals surface area (Å²) in [5, 5.41) is 2.70. The molecule has 162 valence electrons. The molecule has 0 bridgehead atoms. The van der Waals surface area contributed by atoms with Crippen molar-refractivity contribution >= 4 is 52.2 Å². The van der Waals surface area contributed by atoms with Crippen LogP contribution in [0.1, 0.15) is 5.69 Å². The van der Waals surface area contributed by atoms with Gasteiger partial charge >= 0.3 is 0 Å². The first-order chi connectivity index (χ1) is 15.4. The molecule has 3 amide bonds. The normalized spacial score (nSPS) is 14.8. The van der Waals surface area contributed by atoms with E-state index in [-0.39, 0.29) is 11.4 Å². The van der Waals surface area contributed by atoms with Crippen LogP contribution in [0.25, 0.3) is 11.8 Å². The van der Waals surface area contributed by atoms with Gasteiger partial charge in [0.1, 0.15) is 12.3 Å². The average Bonchev–Trinajstić information content (AvgIpc) is 3.35. The van der Waals surface area contributed by atoms with Gasteiger partial charge in [0.05, 0.1) is 12.0 Å². The number of halogens is 1. The van der Waals surface area contributed by atoms with E-state index in [1.807, 2.05) is 47.2 Å². The van der Waals surface area contributed by atoms with E-state index >= 15 is 0 Å². The first kappa shape index (κ1) is 21.7. The van der Waals surface area contributed by atoms with Crippen LogP contribution in [0.2, 0.25) is 5.02 Å². The summed E-state index contributed by atoms with van der Waals surface area (Å²) in [5.74, 6) is -0.244. The molecule has 0 atom stereocenters. The summed E-state index contributed by atoms with van der Waals surface area (Å²) in [6.07, 6.45) is 3.50. The van der Waals surface area contributed by atoms with Crippen LogP contribution in [0.3, 0.4) is 0 Å². The number of imide groups is 1. The maximum atomic E-state index is 12.8. The van der Waals surface area contributed by atoms with Gasteiger partial charge in [-0.3, -0.25) is 19.3 Å². The maximum Gasteiger partial charge on any atom is 0.294 e. The first-order valence-electron chi connectivity index (χ1n) is 9.57. The number of hydrogen-bond donors (Lipinski definition) is 1. The molecule has 1 aliphatic rings. The highest BCUT2D eigenvalue weighted by atomic mass is 35.5.